The summed E-state index contributed by atoms with van der Waals surface area (Å²) in [6, 6.07) is 14.8. The van der Waals surface area contributed by atoms with Crippen LogP contribution in [0, 0.1) is 0 Å². The second kappa shape index (κ2) is 9.89. The molecule has 2 aromatic carbocycles. The van der Waals surface area contributed by atoms with Crippen LogP contribution in [0.5, 0.6) is 5.75 Å². The third-order valence-electron chi connectivity index (χ3n) is 3.67. The van der Waals surface area contributed by atoms with Gasteiger partial charge in [0.15, 0.2) is 5.78 Å². The molecule has 0 spiro atoms. The number of hydrogen-bond donors (Lipinski definition) is 1. The minimum atomic E-state index is 0.0272. The SMILES string of the molecule is CCCCC(=O)Nc1ccc(SCC(=O)c2ccccc2OC)cc1. The van der Waals surface area contributed by atoms with Crippen LogP contribution >= 0.6 is 11.8 Å². The van der Waals surface area contributed by atoms with E-state index in [2.05, 4.69) is 12.2 Å². The van der Waals surface area contributed by atoms with Gasteiger partial charge in [-0.25, -0.2) is 0 Å². The third kappa shape index (κ3) is 5.94. The Kier molecular flexibility index (Phi) is 7.54. The molecule has 4 nitrogen and oxygen atoms in total. The number of amides is 1. The van der Waals surface area contributed by atoms with Crippen molar-refractivity contribution in [3.8, 4) is 5.75 Å². The van der Waals surface area contributed by atoms with Crippen LogP contribution < -0.4 is 10.1 Å². The molecule has 2 aromatic rings. The fourth-order valence-corrected chi connectivity index (χ4v) is 3.08. The second-order valence-electron chi connectivity index (χ2n) is 5.59. The molecule has 0 saturated carbocycles. The summed E-state index contributed by atoms with van der Waals surface area (Å²) < 4.78 is 5.23. The maximum atomic E-state index is 12.4. The largest absolute Gasteiger partial charge is 0.496 e. The highest BCUT2D eigenvalue weighted by Crippen LogP contribution is 2.24. The monoisotopic (exact) mass is 357 g/mol. The summed E-state index contributed by atoms with van der Waals surface area (Å²) in [5, 5.41) is 2.88. The molecule has 0 radical (unpaired) electrons. The van der Waals surface area contributed by atoms with E-state index in [1.807, 2.05) is 36.4 Å². The Hall–Kier alpha value is -2.27. The number of methoxy groups -OCH3 is 1. The van der Waals surface area contributed by atoms with Gasteiger partial charge in [-0.3, -0.25) is 9.59 Å². The zero-order chi connectivity index (χ0) is 18.1. The number of carbonyl (C=O) groups excluding carboxylic acids is 2. The first-order valence-electron chi connectivity index (χ1n) is 8.33. The zero-order valence-corrected chi connectivity index (χ0v) is 15.4. The lowest BCUT2D eigenvalue weighted by molar-refractivity contribution is -0.116. The maximum absolute atomic E-state index is 12.4. The average molecular weight is 357 g/mol. The fourth-order valence-electron chi connectivity index (χ4n) is 2.30. The molecule has 0 fully saturated rings. The van der Waals surface area contributed by atoms with Crippen LogP contribution in [0.4, 0.5) is 5.69 Å². The van der Waals surface area contributed by atoms with Gasteiger partial charge in [0.1, 0.15) is 5.75 Å². The van der Waals surface area contributed by atoms with Crippen LogP contribution in [-0.2, 0) is 4.79 Å². The van der Waals surface area contributed by atoms with Gasteiger partial charge < -0.3 is 10.1 Å². The molecule has 0 aliphatic rings. The number of unbranched alkanes of at least 4 members (excludes halogenated alkanes) is 1. The highest BCUT2D eigenvalue weighted by Gasteiger charge is 2.12. The predicted molar refractivity (Wildman–Crippen MR) is 103 cm³/mol. The number of ketones is 1. The Balaban J connectivity index is 1.89. The van der Waals surface area contributed by atoms with Crippen molar-refractivity contribution in [1.82, 2.24) is 0 Å². The highest BCUT2D eigenvalue weighted by molar-refractivity contribution is 8.00. The van der Waals surface area contributed by atoms with Gasteiger partial charge in [-0.15, -0.1) is 11.8 Å². The smallest absolute Gasteiger partial charge is 0.224 e. The van der Waals surface area contributed by atoms with Crippen molar-refractivity contribution in [2.75, 3.05) is 18.2 Å². The molecule has 0 atom stereocenters. The summed E-state index contributed by atoms with van der Waals surface area (Å²) in [5.74, 6) is 0.994. The zero-order valence-electron chi connectivity index (χ0n) is 14.6. The Morgan fingerprint density at radius 2 is 1.80 bits per heavy atom. The minimum Gasteiger partial charge on any atom is -0.496 e. The van der Waals surface area contributed by atoms with E-state index in [1.54, 1.807) is 19.2 Å². The number of ether oxygens (including phenoxy) is 1. The molecule has 0 aliphatic heterocycles. The molecule has 0 aliphatic carbocycles. The molecule has 1 N–H and O–H groups in total. The van der Waals surface area contributed by atoms with Crippen molar-refractivity contribution in [2.45, 2.75) is 31.1 Å². The third-order valence-corrected chi connectivity index (χ3v) is 4.68. The van der Waals surface area contributed by atoms with Gasteiger partial charge >= 0.3 is 0 Å². The summed E-state index contributed by atoms with van der Waals surface area (Å²) >= 11 is 1.47. The van der Waals surface area contributed by atoms with Crippen molar-refractivity contribution < 1.29 is 14.3 Å². The van der Waals surface area contributed by atoms with Crippen LogP contribution in [-0.4, -0.2) is 24.6 Å². The number of para-hydroxylation sites is 1. The topological polar surface area (TPSA) is 55.4 Å². The fraction of sp³-hybridized carbons (Fsp3) is 0.300. The molecular weight excluding hydrogens is 334 g/mol. The van der Waals surface area contributed by atoms with Crippen molar-refractivity contribution in [3.05, 3.63) is 54.1 Å². The van der Waals surface area contributed by atoms with Crippen LogP contribution in [0.25, 0.3) is 0 Å². The van der Waals surface area contributed by atoms with E-state index in [9.17, 15) is 9.59 Å². The Labute approximate surface area is 153 Å². The van der Waals surface area contributed by atoms with Crippen LogP contribution in [0.15, 0.2) is 53.4 Å². The van der Waals surface area contributed by atoms with Gasteiger partial charge in [0, 0.05) is 17.0 Å². The standard InChI is InChI=1S/C20H23NO3S/c1-3-4-9-20(23)21-15-10-12-16(13-11-15)25-14-18(22)17-7-5-6-8-19(17)24-2/h5-8,10-13H,3-4,9,14H2,1-2H3,(H,21,23). The van der Waals surface area contributed by atoms with Crippen molar-refractivity contribution in [1.29, 1.82) is 0 Å². The van der Waals surface area contributed by atoms with E-state index in [-0.39, 0.29) is 11.7 Å². The molecule has 0 aromatic heterocycles. The van der Waals surface area contributed by atoms with Gasteiger partial charge in [0.05, 0.1) is 18.4 Å². The molecule has 0 bridgehead atoms. The van der Waals surface area contributed by atoms with Gasteiger partial charge in [-0.05, 0) is 42.8 Å². The molecule has 0 saturated heterocycles. The minimum absolute atomic E-state index is 0.0272. The Bertz CT molecular complexity index is 713. The average Bonchev–Trinajstić information content (AvgIpc) is 2.65. The number of anilines is 1. The van der Waals surface area contributed by atoms with E-state index in [1.165, 1.54) is 11.8 Å². The van der Waals surface area contributed by atoms with E-state index in [0.29, 0.717) is 23.5 Å². The van der Waals surface area contributed by atoms with Gasteiger partial charge in [0.2, 0.25) is 5.91 Å². The number of Topliss-reactive ketones (excluding diaryl/α,β-unsaturated/α-hetero) is 1. The Morgan fingerprint density at radius 3 is 2.48 bits per heavy atom. The first-order chi connectivity index (χ1) is 12.1. The number of carbonyl (C=O) groups is 2. The molecular formula is C20H23NO3S. The molecule has 1 amide bonds. The van der Waals surface area contributed by atoms with E-state index in [4.69, 9.17) is 4.74 Å². The highest BCUT2D eigenvalue weighted by atomic mass is 32.2. The molecule has 2 rings (SSSR count). The lowest BCUT2D eigenvalue weighted by Crippen LogP contribution is -2.10. The van der Waals surface area contributed by atoms with Crippen LogP contribution in [0.1, 0.15) is 36.5 Å². The number of thioether (sulfide) groups is 1. The summed E-state index contributed by atoms with van der Waals surface area (Å²) in [6.07, 6.45) is 2.44. The number of nitrogens with one attached hydrogen (secondary N) is 1. The van der Waals surface area contributed by atoms with Gasteiger partial charge in [-0.2, -0.15) is 0 Å². The molecule has 132 valence electrons. The van der Waals surface area contributed by atoms with Crippen LogP contribution in [0.2, 0.25) is 0 Å². The first kappa shape index (κ1) is 19.1. The van der Waals surface area contributed by atoms with Gasteiger partial charge in [0.25, 0.3) is 0 Å². The first-order valence-corrected chi connectivity index (χ1v) is 9.31. The number of rotatable bonds is 9. The quantitative estimate of drug-likeness (QED) is 0.517. The summed E-state index contributed by atoms with van der Waals surface area (Å²) in [7, 11) is 1.56. The molecule has 0 unspecified atom stereocenters. The Morgan fingerprint density at radius 1 is 1.08 bits per heavy atom. The van der Waals surface area contributed by atoms with Crippen molar-refractivity contribution >= 4 is 29.1 Å². The van der Waals surface area contributed by atoms with Crippen molar-refractivity contribution in [3.63, 3.8) is 0 Å². The molecule has 5 heteroatoms. The second-order valence-corrected chi connectivity index (χ2v) is 6.64. The van der Waals surface area contributed by atoms with E-state index >= 15 is 0 Å². The summed E-state index contributed by atoms with van der Waals surface area (Å²) in [4.78, 5) is 25.0. The lowest BCUT2D eigenvalue weighted by Gasteiger charge is -2.08. The van der Waals surface area contributed by atoms with Crippen molar-refractivity contribution in [2.24, 2.45) is 0 Å². The van der Waals surface area contributed by atoms with Gasteiger partial charge in [-0.1, -0.05) is 25.5 Å². The van der Waals surface area contributed by atoms with E-state index < -0.39 is 0 Å². The summed E-state index contributed by atoms with van der Waals surface area (Å²) in [6.45, 7) is 2.06. The molecule has 0 heterocycles. The number of hydrogen-bond acceptors (Lipinski definition) is 4. The molecule has 25 heavy (non-hydrogen) atoms. The maximum Gasteiger partial charge on any atom is 0.224 e. The van der Waals surface area contributed by atoms with Crippen LogP contribution in [0.3, 0.4) is 0 Å². The lowest BCUT2D eigenvalue weighted by atomic mass is 10.1. The predicted octanol–water partition coefficient (Wildman–Crippen LogP) is 4.80. The van der Waals surface area contributed by atoms with E-state index in [0.717, 1.165) is 23.4 Å². The summed E-state index contributed by atoms with van der Waals surface area (Å²) in [5.41, 5.74) is 1.37. The normalized spacial score (nSPS) is 10.3. The number of benzene rings is 2.